The van der Waals surface area contributed by atoms with E-state index in [4.69, 9.17) is 28.8 Å². The van der Waals surface area contributed by atoms with Crippen LogP contribution in [0.2, 0.25) is 5.02 Å². The first kappa shape index (κ1) is 17.9. The molecule has 0 saturated carbocycles. The van der Waals surface area contributed by atoms with E-state index < -0.39 is 0 Å². The van der Waals surface area contributed by atoms with E-state index in [0.29, 0.717) is 10.1 Å². The van der Waals surface area contributed by atoms with E-state index >= 15 is 0 Å². The van der Waals surface area contributed by atoms with Crippen LogP contribution in [-0.2, 0) is 0 Å². The van der Waals surface area contributed by atoms with Gasteiger partial charge in [-0.1, -0.05) is 29.8 Å². The number of rotatable bonds is 3. The molecule has 0 fully saturated rings. The smallest absolute Gasteiger partial charge is 0.175 e. The van der Waals surface area contributed by atoms with Gasteiger partial charge in [0.05, 0.1) is 20.9 Å². The Morgan fingerprint density at radius 3 is 2.56 bits per heavy atom. The number of halogens is 1. The number of hydrogen-bond donors (Lipinski definition) is 2. The molecular weight excluding hydrogens is 394 g/mol. The van der Waals surface area contributed by atoms with E-state index in [1.165, 1.54) is 10.3 Å². The summed E-state index contributed by atoms with van der Waals surface area (Å²) in [5.41, 5.74) is 5.05. The highest BCUT2D eigenvalue weighted by molar-refractivity contribution is 7.80. The lowest BCUT2D eigenvalue weighted by Gasteiger charge is -2.11. The van der Waals surface area contributed by atoms with Gasteiger partial charge in [0.1, 0.15) is 5.01 Å². The molecule has 0 aliphatic carbocycles. The summed E-state index contributed by atoms with van der Waals surface area (Å²) in [6.45, 7) is 2.10. The first-order valence-electron chi connectivity index (χ1n) is 8.39. The van der Waals surface area contributed by atoms with Crippen molar-refractivity contribution in [1.82, 2.24) is 4.98 Å². The summed E-state index contributed by atoms with van der Waals surface area (Å²) in [6, 6.07) is 21.9. The van der Waals surface area contributed by atoms with Gasteiger partial charge >= 0.3 is 0 Å². The number of fused-ring (bicyclic) bond motifs is 1. The van der Waals surface area contributed by atoms with Crippen LogP contribution in [-0.4, -0.2) is 10.1 Å². The third-order valence-electron chi connectivity index (χ3n) is 4.06. The molecule has 0 aliphatic rings. The Morgan fingerprint density at radius 1 is 1.00 bits per heavy atom. The van der Waals surface area contributed by atoms with Crippen LogP contribution in [0.4, 0.5) is 11.4 Å². The summed E-state index contributed by atoms with van der Waals surface area (Å²) in [5, 5.41) is 8.41. The van der Waals surface area contributed by atoms with Crippen molar-refractivity contribution in [3.63, 3.8) is 0 Å². The number of thiocarbonyl (C=S) groups is 1. The van der Waals surface area contributed by atoms with E-state index in [2.05, 4.69) is 35.8 Å². The average molecular weight is 410 g/mol. The predicted molar refractivity (Wildman–Crippen MR) is 121 cm³/mol. The SMILES string of the molecule is Cc1ccc2nc(-c3ccc(NC(=S)Nc4ccccc4Cl)cc3)sc2c1. The van der Waals surface area contributed by atoms with Crippen molar-refractivity contribution in [2.45, 2.75) is 6.92 Å². The zero-order valence-corrected chi connectivity index (χ0v) is 16.9. The summed E-state index contributed by atoms with van der Waals surface area (Å²) < 4.78 is 1.21. The first-order valence-corrected chi connectivity index (χ1v) is 9.99. The van der Waals surface area contributed by atoms with Crippen molar-refractivity contribution >= 4 is 61.9 Å². The topological polar surface area (TPSA) is 37.0 Å². The molecule has 3 aromatic carbocycles. The van der Waals surface area contributed by atoms with E-state index in [1.54, 1.807) is 11.3 Å². The van der Waals surface area contributed by atoms with Crippen molar-refractivity contribution < 1.29 is 0 Å². The number of para-hydroxylation sites is 1. The molecule has 4 aromatic rings. The quantitative estimate of drug-likeness (QED) is 0.367. The van der Waals surface area contributed by atoms with E-state index in [-0.39, 0.29) is 0 Å². The highest BCUT2D eigenvalue weighted by Crippen LogP contribution is 2.31. The standard InChI is InChI=1S/C21H16ClN3S2/c1-13-6-11-18-19(12-13)27-20(24-18)14-7-9-15(10-8-14)23-21(26)25-17-5-3-2-4-16(17)22/h2-12H,1H3,(H2,23,25,26). The molecule has 2 N–H and O–H groups in total. The van der Waals surface area contributed by atoms with Gasteiger partial charge in [0.2, 0.25) is 0 Å². The Morgan fingerprint density at radius 2 is 1.78 bits per heavy atom. The largest absolute Gasteiger partial charge is 0.332 e. The number of nitrogens with one attached hydrogen (secondary N) is 2. The number of hydrogen-bond acceptors (Lipinski definition) is 3. The van der Waals surface area contributed by atoms with Crippen molar-refractivity contribution in [3.05, 3.63) is 77.3 Å². The lowest BCUT2D eigenvalue weighted by molar-refractivity contribution is 1.45. The van der Waals surface area contributed by atoms with Crippen molar-refractivity contribution in [1.29, 1.82) is 0 Å². The van der Waals surface area contributed by atoms with Gasteiger partial charge < -0.3 is 10.6 Å². The molecule has 0 aliphatic heterocycles. The van der Waals surface area contributed by atoms with Gasteiger partial charge in [-0.25, -0.2) is 4.98 Å². The molecule has 0 atom stereocenters. The number of thiazole rings is 1. The van der Waals surface area contributed by atoms with Crippen LogP contribution in [0.3, 0.4) is 0 Å². The van der Waals surface area contributed by atoms with E-state index in [0.717, 1.165) is 27.5 Å². The second kappa shape index (κ2) is 7.64. The van der Waals surface area contributed by atoms with Crippen molar-refractivity contribution in [3.8, 4) is 10.6 Å². The lowest BCUT2D eigenvalue weighted by atomic mass is 10.2. The molecule has 134 valence electrons. The van der Waals surface area contributed by atoms with Crippen molar-refractivity contribution in [2.24, 2.45) is 0 Å². The molecule has 1 aromatic heterocycles. The van der Waals surface area contributed by atoms with Gasteiger partial charge in [0, 0.05) is 11.3 Å². The zero-order chi connectivity index (χ0) is 18.8. The Hall–Kier alpha value is -2.47. The van der Waals surface area contributed by atoms with Gasteiger partial charge in [-0.15, -0.1) is 11.3 Å². The molecule has 0 spiro atoms. The monoisotopic (exact) mass is 409 g/mol. The summed E-state index contributed by atoms with van der Waals surface area (Å²) in [5.74, 6) is 0. The lowest BCUT2D eigenvalue weighted by Crippen LogP contribution is -2.19. The zero-order valence-electron chi connectivity index (χ0n) is 14.5. The van der Waals surface area contributed by atoms with Crippen molar-refractivity contribution in [2.75, 3.05) is 10.6 Å². The Kier molecular flexibility index (Phi) is 5.07. The molecule has 0 unspecified atom stereocenters. The molecule has 0 saturated heterocycles. The number of benzene rings is 3. The van der Waals surface area contributed by atoms with Crippen LogP contribution in [0.5, 0.6) is 0 Å². The maximum absolute atomic E-state index is 6.15. The molecule has 0 radical (unpaired) electrons. The highest BCUT2D eigenvalue weighted by Gasteiger charge is 2.07. The Labute approximate surface area is 172 Å². The van der Waals surface area contributed by atoms with Crippen LogP contribution in [0.1, 0.15) is 5.56 Å². The Bertz CT molecular complexity index is 1120. The Balaban J connectivity index is 1.48. The minimum Gasteiger partial charge on any atom is -0.332 e. The van der Waals surface area contributed by atoms with Crippen LogP contribution in [0, 0.1) is 6.92 Å². The predicted octanol–water partition coefficient (Wildman–Crippen LogP) is 6.73. The first-order chi connectivity index (χ1) is 13.1. The molecule has 4 rings (SSSR count). The molecule has 0 bridgehead atoms. The van der Waals surface area contributed by atoms with Gasteiger partial charge in [-0.2, -0.15) is 0 Å². The molecule has 3 nitrogen and oxygen atoms in total. The van der Waals surface area contributed by atoms with Crippen LogP contribution < -0.4 is 10.6 Å². The number of nitrogens with zero attached hydrogens (tertiary/aromatic N) is 1. The van der Waals surface area contributed by atoms with Gasteiger partial charge in [0.15, 0.2) is 5.11 Å². The minimum absolute atomic E-state index is 0.492. The number of anilines is 2. The maximum Gasteiger partial charge on any atom is 0.175 e. The molecule has 0 amide bonds. The van der Waals surface area contributed by atoms with E-state index in [1.807, 2.05) is 48.5 Å². The summed E-state index contributed by atoms with van der Waals surface area (Å²) in [7, 11) is 0. The maximum atomic E-state index is 6.15. The fraction of sp³-hybridized carbons (Fsp3) is 0.0476. The van der Waals surface area contributed by atoms with Crippen LogP contribution in [0.15, 0.2) is 66.7 Å². The summed E-state index contributed by atoms with van der Waals surface area (Å²) in [6.07, 6.45) is 0. The second-order valence-corrected chi connectivity index (χ2v) is 7.97. The molecular formula is C21H16ClN3S2. The molecule has 27 heavy (non-hydrogen) atoms. The third kappa shape index (κ3) is 4.11. The fourth-order valence-corrected chi connectivity index (χ4v) is 4.18. The normalized spacial score (nSPS) is 10.7. The minimum atomic E-state index is 0.492. The van der Waals surface area contributed by atoms with Crippen LogP contribution >= 0.6 is 35.2 Å². The summed E-state index contributed by atoms with van der Waals surface area (Å²) >= 11 is 13.2. The molecule has 6 heteroatoms. The molecule has 1 heterocycles. The van der Waals surface area contributed by atoms with E-state index in [9.17, 15) is 0 Å². The highest BCUT2D eigenvalue weighted by atomic mass is 35.5. The average Bonchev–Trinajstić information content (AvgIpc) is 3.07. The van der Waals surface area contributed by atoms with Gasteiger partial charge in [-0.3, -0.25) is 0 Å². The van der Waals surface area contributed by atoms with Gasteiger partial charge in [-0.05, 0) is 73.2 Å². The number of aromatic nitrogens is 1. The van der Waals surface area contributed by atoms with Gasteiger partial charge in [0.25, 0.3) is 0 Å². The fourth-order valence-electron chi connectivity index (χ4n) is 2.70. The summed E-state index contributed by atoms with van der Waals surface area (Å²) in [4.78, 5) is 4.73. The second-order valence-electron chi connectivity index (χ2n) is 6.13. The van der Waals surface area contributed by atoms with Crippen LogP contribution in [0.25, 0.3) is 20.8 Å². The third-order valence-corrected chi connectivity index (χ3v) is 5.66. The number of aryl methyl sites for hydroxylation is 1.